The summed E-state index contributed by atoms with van der Waals surface area (Å²) in [6.07, 6.45) is 0. The molecule has 0 unspecified atom stereocenters. The van der Waals surface area contributed by atoms with Crippen molar-refractivity contribution in [2.75, 3.05) is 0 Å². The van der Waals surface area contributed by atoms with E-state index in [1.165, 1.54) is 0 Å². The van der Waals surface area contributed by atoms with Crippen LogP contribution in [0, 0.1) is 20.8 Å². The third-order valence-electron chi connectivity index (χ3n) is 3.51. The van der Waals surface area contributed by atoms with Crippen LogP contribution in [0.2, 0.25) is 0 Å². The SMILES string of the molecule is CCn1nc(C)c(Br)c1COc1c(C)cc(CO)cc1C. The van der Waals surface area contributed by atoms with Crippen LogP contribution in [0.3, 0.4) is 0 Å². The first-order chi connectivity index (χ1) is 9.97. The van der Waals surface area contributed by atoms with Gasteiger partial charge in [-0.2, -0.15) is 5.10 Å². The molecular weight excluding hydrogens is 332 g/mol. The molecule has 5 heteroatoms. The number of nitrogens with zero attached hydrogens (tertiary/aromatic N) is 2. The Labute approximate surface area is 133 Å². The van der Waals surface area contributed by atoms with Crippen LogP contribution >= 0.6 is 15.9 Å². The summed E-state index contributed by atoms with van der Waals surface area (Å²) in [5.41, 5.74) is 5.00. The van der Waals surface area contributed by atoms with Gasteiger partial charge < -0.3 is 9.84 Å². The summed E-state index contributed by atoms with van der Waals surface area (Å²) < 4.78 is 8.97. The summed E-state index contributed by atoms with van der Waals surface area (Å²) in [4.78, 5) is 0. The molecule has 0 radical (unpaired) electrons. The molecule has 114 valence electrons. The van der Waals surface area contributed by atoms with E-state index in [1.54, 1.807) is 0 Å². The standard InChI is InChI=1S/C16H21BrN2O2/c1-5-19-14(15(17)12(4)18-19)9-21-16-10(2)6-13(8-20)7-11(16)3/h6-7,20H,5,8-9H2,1-4H3. The first-order valence-corrected chi connectivity index (χ1v) is 7.82. The molecule has 0 aliphatic rings. The lowest BCUT2D eigenvalue weighted by Crippen LogP contribution is -2.08. The molecule has 0 fully saturated rings. The Morgan fingerprint density at radius 3 is 2.38 bits per heavy atom. The topological polar surface area (TPSA) is 47.3 Å². The maximum Gasteiger partial charge on any atom is 0.131 e. The van der Waals surface area contributed by atoms with E-state index in [0.717, 1.165) is 44.8 Å². The molecule has 1 aromatic carbocycles. The number of hydrogen-bond donors (Lipinski definition) is 1. The first-order valence-electron chi connectivity index (χ1n) is 7.03. The van der Waals surface area contributed by atoms with Crippen molar-refractivity contribution in [3.05, 3.63) is 44.7 Å². The van der Waals surface area contributed by atoms with Crippen LogP contribution in [0.15, 0.2) is 16.6 Å². The van der Waals surface area contributed by atoms with Crippen molar-refractivity contribution in [1.29, 1.82) is 0 Å². The molecule has 0 aliphatic heterocycles. The molecule has 2 aromatic rings. The van der Waals surface area contributed by atoms with Gasteiger partial charge in [-0.25, -0.2) is 0 Å². The van der Waals surface area contributed by atoms with E-state index in [0.29, 0.717) is 6.61 Å². The number of rotatable bonds is 5. The fourth-order valence-corrected chi connectivity index (χ4v) is 2.90. The first kappa shape index (κ1) is 16.0. The molecular formula is C16H21BrN2O2. The van der Waals surface area contributed by atoms with Gasteiger partial charge in [0.2, 0.25) is 0 Å². The Hall–Kier alpha value is -1.33. The second-order valence-corrected chi connectivity index (χ2v) is 5.96. The number of hydrogen-bond acceptors (Lipinski definition) is 3. The minimum atomic E-state index is 0.0509. The van der Waals surface area contributed by atoms with Crippen molar-refractivity contribution < 1.29 is 9.84 Å². The van der Waals surface area contributed by atoms with Crippen molar-refractivity contribution in [3.63, 3.8) is 0 Å². The lowest BCUT2D eigenvalue weighted by atomic mass is 10.1. The van der Waals surface area contributed by atoms with Crippen LogP contribution in [-0.2, 0) is 19.8 Å². The third kappa shape index (κ3) is 3.30. The maximum absolute atomic E-state index is 9.23. The number of aromatic nitrogens is 2. The summed E-state index contributed by atoms with van der Waals surface area (Å²) in [6.45, 7) is 9.37. The molecule has 1 aromatic heterocycles. The second-order valence-electron chi connectivity index (χ2n) is 5.17. The average Bonchev–Trinajstić information content (AvgIpc) is 2.73. The van der Waals surface area contributed by atoms with Gasteiger partial charge in [0.25, 0.3) is 0 Å². The van der Waals surface area contributed by atoms with E-state index < -0.39 is 0 Å². The van der Waals surface area contributed by atoms with Gasteiger partial charge in [0, 0.05) is 6.54 Å². The number of benzene rings is 1. The van der Waals surface area contributed by atoms with Crippen molar-refractivity contribution >= 4 is 15.9 Å². The predicted molar refractivity (Wildman–Crippen MR) is 86.5 cm³/mol. The number of halogens is 1. The van der Waals surface area contributed by atoms with E-state index in [9.17, 15) is 5.11 Å². The normalized spacial score (nSPS) is 11.0. The molecule has 2 rings (SSSR count). The molecule has 0 aliphatic carbocycles. The van der Waals surface area contributed by atoms with Crippen molar-refractivity contribution in [3.8, 4) is 5.75 Å². The Bertz CT molecular complexity index is 627. The number of ether oxygens (including phenoxy) is 1. The van der Waals surface area contributed by atoms with Gasteiger partial charge in [0.15, 0.2) is 0 Å². The summed E-state index contributed by atoms with van der Waals surface area (Å²) in [5, 5.41) is 13.7. The number of aryl methyl sites for hydroxylation is 4. The van der Waals surface area contributed by atoms with Crippen LogP contribution in [0.25, 0.3) is 0 Å². The lowest BCUT2D eigenvalue weighted by molar-refractivity contribution is 0.278. The van der Waals surface area contributed by atoms with Gasteiger partial charge in [0.1, 0.15) is 12.4 Å². The van der Waals surface area contributed by atoms with Crippen molar-refractivity contribution in [2.45, 2.75) is 47.5 Å². The van der Waals surface area contributed by atoms with E-state index in [2.05, 4.69) is 28.0 Å². The summed E-state index contributed by atoms with van der Waals surface area (Å²) >= 11 is 3.58. The highest BCUT2D eigenvalue weighted by molar-refractivity contribution is 9.10. The smallest absolute Gasteiger partial charge is 0.131 e. The van der Waals surface area contributed by atoms with E-state index in [-0.39, 0.29) is 6.61 Å². The van der Waals surface area contributed by atoms with Crippen LogP contribution in [0.1, 0.15) is 35.0 Å². The van der Waals surface area contributed by atoms with Gasteiger partial charge in [-0.05, 0) is 60.3 Å². The Balaban J connectivity index is 2.25. The maximum atomic E-state index is 9.23. The molecule has 0 amide bonds. The van der Waals surface area contributed by atoms with E-state index in [1.807, 2.05) is 37.6 Å². The Morgan fingerprint density at radius 1 is 1.24 bits per heavy atom. The van der Waals surface area contributed by atoms with Gasteiger partial charge >= 0.3 is 0 Å². The molecule has 4 nitrogen and oxygen atoms in total. The quantitative estimate of drug-likeness (QED) is 0.892. The largest absolute Gasteiger partial charge is 0.487 e. The van der Waals surface area contributed by atoms with E-state index in [4.69, 9.17) is 4.74 Å². The Morgan fingerprint density at radius 2 is 1.86 bits per heavy atom. The fraction of sp³-hybridized carbons (Fsp3) is 0.438. The monoisotopic (exact) mass is 352 g/mol. The summed E-state index contributed by atoms with van der Waals surface area (Å²) in [6, 6.07) is 3.92. The highest BCUT2D eigenvalue weighted by atomic mass is 79.9. The Kier molecular flexibility index (Phi) is 5.06. The van der Waals surface area contributed by atoms with Crippen LogP contribution in [0.5, 0.6) is 5.75 Å². The zero-order valence-electron chi connectivity index (χ0n) is 12.9. The van der Waals surface area contributed by atoms with Crippen molar-refractivity contribution in [2.24, 2.45) is 0 Å². The molecule has 0 bridgehead atoms. The van der Waals surface area contributed by atoms with Crippen molar-refractivity contribution in [1.82, 2.24) is 9.78 Å². The van der Waals surface area contributed by atoms with Crippen LogP contribution in [-0.4, -0.2) is 14.9 Å². The van der Waals surface area contributed by atoms with E-state index >= 15 is 0 Å². The average molecular weight is 353 g/mol. The molecule has 1 N–H and O–H groups in total. The molecule has 1 heterocycles. The summed E-state index contributed by atoms with van der Waals surface area (Å²) in [7, 11) is 0. The summed E-state index contributed by atoms with van der Waals surface area (Å²) in [5.74, 6) is 0.876. The molecule has 21 heavy (non-hydrogen) atoms. The minimum Gasteiger partial charge on any atom is -0.487 e. The predicted octanol–water partition coefficient (Wildman–Crippen LogP) is 3.66. The van der Waals surface area contributed by atoms with Gasteiger partial charge in [-0.3, -0.25) is 4.68 Å². The zero-order chi connectivity index (χ0) is 15.6. The highest BCUT2D eigenvalue weighted by Crippen LogP contribution is 2.28. The van der Waals surface area contributed by atoms with Crippen LogP contribution < -0.4 is 4.74 Å². The third-order valence-corrected chi connectivity index (χ3v) is 4.54. The fourth-order valence-electron chi connectivity index (χ4n) is 2.51. The molecule has 0 saturated carbocycles. The number of aliphatic hydroxyl groups is 1. The molecule has 0 atom stereocenters. The van der Waals surface area contributed by atoms with Crippen LogP contribution in [0.4, 0.5) is 0 Å². The highest BCUT2D eigenvalue weighted by Gasteiger charge is 2.14. The minimum absolute atomic E-state index is 0.0509. The lowest BCUT2D eigenvalue weighted by Gasteiger charge is -2.14. The molecule has 0 spiro atoms. The molecule has 0 saturated heterocycles. The van der Waals surface area contributed by atoms with Gasteiger partial charge in [-0.1, -0.05) is 12.1 Å². The second kappa shape index (κ2) is 6.62. The zero-order valence-corrected chi connectivity index (χ0v) is 14.5. The van der Waals surface area contributed by atoms with Gasteiger partial charge in [-0.15, -0.1) is 0 Å². The van der Waals surface area contributed by atoms with Gasteiger partial charge in [0.05, 0.1) is 22.5 Å². The number of aliphatic hydroxyl groups excluding tert-OH is 1.